The lowest BCUT2D eigenvalue weighted by Crippen LogP contribution is -2.09. The lowest BCUT2D eigenvalue weighted by molar-refractivity contribution is -0.137. The van der Waals surface area contributed by atoms with Gasteiger partial charge in [0.05, 0.1) is 0 Å². The van der Waals surface area contributed by atoms with Crippen molar-refractivity contribution < 1.29 is 18.3 Å². The Kier molecular flexibility index (Phi) is 3.50. The fourth-order valence-electron chi connectivity index (χ4n) is 0.283. The van der Waals surface area contributed by atoms with Crippen LogP contribution >= 0.6 is 15.9 Å². The van der Waals surface area contributed by atoms with Gasteiger partial charge in [-0.3, -0.25) is 0 Å². The van der Waals surface area contributed by atoms with Gasteiger partial charge in [-0.05, 0) is 6.42 Å². The summed E-state index contributed by atoms with van der Waals surface area (Å²) in [4.78, 5) is 0. The summed E-state index contributed by atoms with van der Waals surface area (Å²) in [6.45, 7) is 0. The second kappa shape index (κ2) is 3.41. The summed E-state index contributed by atoms with van der Waals surface area (Å²) in [6.07, 6.45) is -5.39. The van der Waals surface area contributed by atoms with Gasteiger partial charge < -0.3 is 5.11 Å². The van der Waals surface area contributed by atoms with Gasteiger partial charge in [-0.25, -0.2) is 0 Å². The van der Waals surface area contributed by atoms with Crippen LogP contribution in [-0.4, -0.2) is 16.3 Å². The van der Waals surface area contributed by atoms with Gasteiger partial charge in [-0.2, -0.15) is 13.2 Å². The molecular weight excluding hydrogens is 201 g/mol. The summed E-state index contributed by atoms with van der Waals surface area (Å²) in [5.41, 5.74) is 0. The number of rotatable bonds is 2. The molecule has 0 aromatic heterocycles. The predicted molar refractivity (Wildman–Crippen MR) is 30.2 cm³/mol. The zero-order valence-corrected chi connectivity index (χ0v) is 6.04. The van der Waals surface area contributed by atoms with E-state index < -0.39 is 17.6 Å². The predicted octanol–water partition coefficient (Wildman–Crippen LogP) is 2.04. The van der Waals surface area contributed by atoms with Crippen LogP contribution in [0.1, 0.15) is 12.8 Å². The number of hydrogen-bond acceptors (Lipinski definition) is 1. The molecule has 0 radical (unpaired) electrons. The molecule has 1 N–H and O–H groups in total. The smallest absolute Gasteiger partial charge is 0.382 e. The SMILES string of the molecule is OC(Br)CCC(F)(F)F. The van der Waals surface area contributed by atoms with Crippen molar-refractivity contribution in [2.24, 2.45) is 0 Å². The van der Waals surface area contributed by atoms with E-state index in [1.54, 1.807) is 0 Å². The third kappa shape index (κ3) is 8.23. The van der Waals surface area contributed by atoms with E-state index in [2.05, 4.69) is 15.9 Å². The molecule has 0 aromatic rings. The zero-order valence-electron chi connectivity index (χ0n) is 4.45. The van der Waals surface area contributed by atoms with Crippen LogP contribution in [0, 0.1) is 0 Å². The molecule has 1 nitrogen and oxygen atoms in total. The average Bonchev–Trinajstić information content (AvgIpc) is 1.59. The molecular formula is C4H6BrF3O. The second-order valence-corrected chi connectivity index (χ2v) is 2.65. The molecule has 0 aromatic carbocycles. The molecule has 0 bridgehead atoms. The first-order valence-electron chi connectivity index (χ1n) is 2.31. The van der Waals surface area contributed by atoms with E-state index in [0.717, 1.165) is 0 Å². The Morgan fingerprint density at radius 2 is 1.89 bits per heavy atom. The highest BCUT2D eigenvalue weighted by atomic mass is 79.9. The molecule has 0 aliphatic rings. The zero-order chi connectivity index (χ0) is 7.49. The molecule has 0 fully saturated rings. The van der Waals surface area contributed by atoms with Crippen molar-refractivity contribution in [2.45, 2.75) is 24.0 Å². The van der Waals surface area contributed by atoms with Crippen molar-refractivity contribution in [2.75, 3.05) is 0 Å². The summed E-state index contributed by atoms with van der Waals surface area (Å²) in [6, 6.07) is 0. The molecule has 0 rings (SSSR count). The molecule has 0 saturated heterocycles. The number of halogens is 4. The van der Waals surface area contributed by atoms with Gasteiger partial charge in [-0.1, -0.05) is 15.9 Å². The fourth-order valence-corrected chi connectivity index (χ4v) is 0.512. The molecule has 1 unspecified atom stereocenters. The summed E-state index contributed by atoms with van der Waals surface area (Å²) in [5.74, 6) is 0. The van der Waals surface area contributed by atoms with Crippen molar-refractivity contribution in [1.82, 2.24) is 0 Å². The number of aliphatic hydroxyl groups excluding tert-OH is 1. The molecule has 0 spiro atoms. The topological polar surface area (TPSA) is 20.2 Å². The first kappa shape index (κ1) is 9.23. The number of aliphatic hydroxyl groups is 1. The van der Waals surface area contributed by atoms with E-state index >= 15 is 0 Å². The first-order chi connectivity index (χ1) is 3.92. The molecule has 1 atom stereocenters. The lowest BCUT2D eigenvalue weighted by atomic mass is 10.3. The van der Waals surface area contributed by atoms with Crippen LogP contribution in [0.3, 0.4) is 0 Å². The highest BCUT2D eigenvalue weighted by Crippen LogP contribution is 2.23. The van der Waals surface area contributed by atoms with Crippen molar-refractivity contribution in [3.8, 4) is 0 Å². The van der Waals surface area contributed by atoms with Crippen LogP contribution in [0.2, 0.25) is 0 Å². The van der Waals surface area contributed by atoms with Crippen molar-refractivity contribution in [1.29, 1.82) is 0 Å². The van der Waals surface area contributed by atoms with E-state index in [1.807, 2.05) is 0 Å². The second-order valence-electron chi connectivity index (χ2n) is 1.59. The van der Waals surface area contributed by atoms with Crippen molar-refractivity contribution >= 4 is 15.9 Å². The van der Waals surface area contributed by atoms with Gasteiger partial charge in [0.2, 0.25) is 0 Å². The Hall–Kier alpha value is 0.230. The Morgan fingerprint density at radius 3 is 2.00 bits per heavy atom. The standard InChI is InChI=1S/C4H6BrF3O/c5-3(9)1-2-4(6,7)8/h3,9H,1-2H2. The molecule has 0 aliphatic carbocycles. The van der Waals surface area contributed by atoms with E-state index in [0.29, 0.717) is 0 Å². The van der Waals surface area contributed by atoms with Gasteiger partial charge >= 0.3 is 6.18 Å². The van der Waals surface area contributed by atoms with Gasteiger partial charge in [0.1, 0.15) is 5.01 Å². The van der Waals surface area contributed by atoms with Crippen LogP contribution < -0.4 is 0 Å². The van der Waals surface area contributed by atoms with Gasteiger partial charge in [0.15, 0.2) is 0 Å². The maximum atomic E-state index is 11.3. The van der Waals surface area contributed by atoms with Crippen molar-refractivity contribution in [3.63, 3.8) is 0 Å². The highest BCUT2D eigenvalue weighted by molar-refractivity contribution is 9.09. The molecule has 0 saturated carbocycles. The average molecular weight is 207 g/mol. The summed E-state index contributed by atoms with van der Waals surface area (Å²) >= 11 is 2.58. The largest absolute Gasteiger partial charge is 0.389 e. The summed E-state index contributed by atoms with van der Waals surface area (Å²) in [5, 5.41) is 7.29. The van der Waals surface area contributed by atoms with Crippen LogP contribution in [0.4, 0.5) is 13.2 Å². The van der Waals surface area contributed by atoms with Crippen molar-refractivity contribution in [3.05, 3.63) is 0 Å². The molecule has 5 heteroatoms. The van der Waals surface area contributed by atoms with E-state index in [1.165, 1.54) is 0 Å². The van der Waals surface area contributed by atoms with Crippen LogP contribution in [0.5, 0.6) is 0 Å². The molecule has 56 valence electrons. The van der Waals surface area contributed by atoms with Crippen LogP contribution in [0.15, 0.2) is 0 Å². The maximum absolute atomic E-state index is 11.3. The molecule has 9 heavy (non-hydrogen) atoms. The normalized spacial score (nSPS) is 15.7. The fraction of sp³-hybridized carbons (Fsp3) is 1.00. The van der Waals surface area contributed by atoms with E-state index in [4.69, 9.17) is 5.11 Å². The third-order valence-electron chi connectivity index (χ3n) is 0.666. The summed E-state index contributed by atoms with van der Waals surface area (Å²) in [7, 11) is 0. The van der Waals surface area contributed by atoms with E-state index in [9.17, 15) is 13.2 Å². The first-order valence-corrected chi connectivity index (χ1v) is 3.22. The minimum atomic E-state index is -4.16. The monoisotopic (exact) mass is 206 g/mol. The minimum Gasteiger partial charge on any atom is -0.382 e. The summed E-state index contributed by atoms with van der Waals surface area (Å²) < 4.78 is 33.9. The third-order valence-corrected chi connectivity index (χ3v) is 1.12. The molecule has 0 heterocycles. The maximum Gasteiger partial charge on any atom is 0.389 e. The van der Waals surface area contributed by atoms with Gasteiger partial charge in [-0.15, -0.1) is 0 Å². The van der Waals surface area contributed by atoms with E-state index in [-0.39, 0.29) is 6.42 Å². The number of hydrogen-bond donors (Lipinski definition) is 1. The Bertz CT molecular complexity index is 80.4. The minimum absolute atomic E-state index is 0.288. The lowest BCUT2D eigenvalue weighted by Gasteiger charge is -2.05. The quantitative estimate of drug-likeness (QED) is 0.687. The number of alkyl halides is 4. The highest BCUT2D eigenvalue weighted by Gasteiger charge is 2.27. The molecule has 0 amide bonds. The van der Waals surface area contributed by atoms with Gasteiger partial charge in [0.25, 0.3) is 0 Å². The Balaban J connectivity index is 3.28. The Morgan fingerprint density at radius 1 is 1.44 bits per heavy atom. The van der Waals surface area contributed by atoms with Gasteiger partial charge in [0, 0.05) is 6.42 Å². The molecule has 0 aliphatic heterocycles. The van der Waals surface area contributed by atoms with Crippen LogP contribution in [-0.2, 0) is 0 Å². The Labute approximate surface area is 59.0 Å². The van der Waals surface area contributed by atoms with Crippen LogP contribution in [0.25, 0.3) is 0 Å².